The van der Waals surface area contributed by atoms with Crippen molar-refractivity contribution in [3.8, 4) is 0 Å². The first kappa shape index (κ1) is 14.7. The minimum absolute atomic E-state index is 0.00555. The van der Waals surface area contributed by atoms with Gasteiger partial charge in [-0.05, 0) is 22.0 Å². The molecule has 1 heterocycles. The summed E-state index contributed by atoms with van der Waals surface area (Å²) in [6.07, 6.45) is -4.08. The van der Waals surface area contributed by atoms with Crippen LogP contribution >= 0.6 is 27.3 Å². The Hall–Kier alpha value is -0.400. The van der Waals surface area contributed by atoms with E-state index in [0.717, 1.165) is 9.35 Å². The first-order valence-corrected chi connectivity index (χ1v) is 6.43. The van der Waals surface area contributed by atoms with Crippen molar-refractivity contribution in [2.75, 3.05) is 13.2 Å². The number of carbonyl (C=O) groups excluding carboxylic acids is 1. The predicted molar refractivity (Wildman–Crippen MR) is 62.2 cm³/mol. The molecule has 0 N–H and O–H groups in total. The van der Waals surface area contributed by atoms with E-state index in [-0.39, 0.29) is 25.2 Å². The van der Waals surface area contributed by atoms with Crippen molar-refractivity contribution in [1.82, 2.24) is 0 Å². The zero-order valence-corrected chi connectivity index (χ0v) is 11.1. The van der Waals surface area contributed by atoms with E-state index in [1.165, 1.54) is 11.3 Å². The fraction of sp³-hybridized carbons (Fsp3) is 0.500. The number of Topliss-reactive ketones (excluding diaryl/α,β-unsaturated/α-hetero) is 1. The summed E-state index contributed by atoms with van der Waals surface area (Å²) < 4.78 is 40.4. The number of ether oxygens (including phenoxy) is 1. The molecule has 7 heteroatoms. The fourth-order valence-electron chi connectivity index (χ4n) is 1.10. The largest absolute Gasteiger partial charge is 0.411 e. The standard InChI is InChI=1S/C10H10BrF3O2S/c11-7-3-9(17-5-7)4-8(15)1-2-16-6-10(12,13)14/h3,5H,1-2,4,6H2. The van der Waals surface area contributed by atoms with E-state index in [2.05, 4.69) is 20.7 Å². The maximum Gasteiger partial charge on any atom is 0.411 e. The van der Waals surface area contributed by atoms with Gasteiger partial charge >= 0.3 is 6.18 Å². The molecule has 1 aromatic heterocycles. The average Bonchev–Trinajstić information content (AvgIpc) is 2.57. The molecule has 0 aliphatic carbocycles. The molecule has 0 aliphatic heterocycles. The summed E-state index contributed by atoms with van der Waals surface area (Å²) in [4.78, 5) is 12.3. The third-order valence-electron chi connectivity index (χ3n) is 1.78. The summed E-state index contributed by atoms with van der Waals surface area (Å²) in [5.74, 6) is -0.124. The quantitative estimate of drug-likeness (QED) is 0.745. The number of ketones is 1. The molecule has 0 fully saturated rings. The van der Waals surface area contributed by atoms with Crippen LogP contribution in [0.1, 0.15) is 11.3 Å². The fourth-order valence-corrected chi connectivity index (χ4v) is 2.58. The molecule has 0 saturated carbocycles. The summed E-state index contributed by atoms with van der Waals surface area (Å²) >= 11 is 4.69. The number of thiophene rings is 1. The van der Waals surface area contributed by atoms with Crippen LogP contribution in [0.3, 0.4) is 0 Å². The van der Waals surface area contributed by atoms with Gasteiger partial charge in [-0.2, -0.15) is 13.2 Å². The third kappa shape index (κ3) is 6.80. The maximum atomic E-state index is 11.7. The van der Waals surface area contributed by atoms with Crippen molar-refractivity contribution >= 4 is 33.0 Å². The Morgan fingerprint density at radius 2 is 2.18 bits per heavy atom. The number of hydrogen-bond donors (Lipinski definition) is 0. The highest BCUT2D eigenvalue weighted by molar-refractivity contribution is 9.10. The smallest absolute Gasteiger partial charge is 0.372 e. The van der Waals surface area contributed by atoms with Crippen LogP contribution in [-0.4, -0.2) is 25.2 Å². The topological polar surface area (TPSA) is 26.3 Å². The molecule has 0 radical (unpaired) electrons. The second-order valence-electron chi connectivity index (χ2n) is 3.36. The zero-order chi connectivity index (χ0) is 12.9. The lowest BCUT2D eigenvalue weighted by molar-refractivity contribution is -0.174. The Morgan fingerprint density at radius 1 is 1.47 bits per heavy atom. The Balaban J connectivity index is 2.18. The Kier molecular flexibility index (Phi) is 5.61. The molecule has 0 aromatic carbocycles. The molecule has 96 valence electrons. The Bertz CT molecular complexity index is 376. The van der Waals surface area contributed by atoms with Crippen molar-refractivity contribution < 1.29 is 22.7 Å². The molecule has 0 spiro atoms. The van der Waals surface area contributed by atoms with Gasteiger partial charge in [0, 0.05) is 27.6 Å². The lowest BCUT2D eigenvalue weighted by atomic mass is 10.2. The Labute approximate surface area is 109 Å². The van der Waals surface area contributed by atoms with Gasteiger partial charge in [0.05, 0.1) is 6.61 Å². The van der Waals surface area contributed by atoms with E-state index < -0.39 is 12.8 Å². The van der Waals surface area contributed by atoms with Gasteiger partial charge in [-0.15, -0.1) is 11.3 Å². The average molecular weight is 331 g/mol. The first-order valence-electron chi connectivity index (χ1n) is 4.76. The monoisotopic (exact) mass is 330 g/mol. The van der Waals surface area contributed by atoms with E-state index in [4.69, 9.17) is 0 Å². The van der Waals surface area contributed by atoms with E-state index in [1.54, 1.807) is 0 Å². The van der Waals surface area contributed by atoms with Crippen LogP contribution < -0.4 is 0 Å². The number of hydrogen-bond acceptors (Lipinski definition) is 3. The molecular weight excluding hydrogens is 321 g/mol. The van der Waals surface area contributed by atoms with Gasteiger partial charge in [0.2, 0.25) is 0 Å². The molecule has 2 nitrogen and oxygen atoms in total. The molecule has 0 aliphatic rings. The number of rotatable bonds is 6. The lowest BCUT2D eigenvalue weighted by Crippen LogP contribution is -2.18. The van der Waals surface area contributed by atoms with Crippen LogP contribution in [0.4, 0.5) is 13.2 Å². The van der Waals surface area contributed by atoms with Crippen molar-refractivity contribution in [2.24, 2.45) is 0 Å². The molecule has 0 bridgehead atoms. The molecule has 17 heavy (non-hydrogen) atoms. The molecule has 0 atom stereocenters. The van der Waals surface area contributed by atoms with Crippen molar-refractivity contribution in [2.45, 2.75) is 19.0 Å². The molecule has 0 amide bonds. The third-order valence-corrected chi connectivity index (χ3v) is 3.48. The van der Waals surface area contributed by atoms with Gasteiger partial charge in [0.1, 0.15) is 12.4 Å². The van der Waals surface area contributed by atoms with E-state index in [0.29, 0.717) is 0 Å². The van der Waals surface area contributed by atoms with Gasteiger partial charge in [0.15, 0.2) is 0 Å². The highest BCUT2D eigenvalue weighted by Crippen LogP contribution is 2.20. The van der Waals surface area contributed by atoms with Crippen molar-refractivity contribution in [3.63, 3.8) is 0 Å². The summed E-state index contributed by atoms with van der Waals surface area (Å²) in [5, 5.41) is 1.85. The van der Waals surface area contributed by atoms with Gasteiger partial charge in [-0.25, -0.2) is 0 Å². The predicted octanol–water partition coefficient (Wildman–Crippen LogP) is 3.59. The van der Waals surface area contributed by atoms with E-state index in [1.807, 2.05) is 11.4 Å². The van der Waals surface area contributed by atoms with Crippen molar-refractivity contribution in [1.29, 1.82) is 0 Å². The molecule has 0 unspecified atom stereocenters. The van der Waals surface area contributed by atoms with Crippen LogP contribution in [0.25, 0.3) is 0 Å². The van der Waals surface area contributed by atoms with Crippen LogP contribution in [0.15, 0.2) is 15.9 Å². The Morgan fingerprint density at radius 3 is 2.71 bits per heavy atom. The van der Waals surface area contributed by atoms with Gasteiger partial charge in [0.25, 0.3) is 0 Å². The lowest BCUT2D eigenvalue weighted by Gasteiger charge is -2.06. The summed E-state index contributed by atoms with van der Waals surface area (Å²) in [6, 6.07) is 1.82. The normalized spacial score (nSPS) is 11.8. The van der Waals surface area contributed by atoms with Gasteiger partial charge < -0.3 is 4.74 Å². The number of carbonyl (C=O) groups is 1. The second kappa shape index (κ2) is 6.51. The van der Waals surface area contributed by atoms with E-state index in [9.17, 15) is 18.0 Å². The van der Waals surface area contributed by atoms with E-state index >= 15 is 0 Å². The van der Waals surface area contributed by atoms with Crippen LogP contribution in [0, 0.1) is 0 Å². The highest BCUT2D eigenvalue weighted by Gasteiger charge is 2.27. The number of alkyl halides is 3. The molecular formula is C10H10BrF3O2S. The van der Waals surface area contributed by atoms with Crippen LogP contribution in [0.2, 0.25) is 0 Å². The summed E-state index contributed by atoms with van der Waals surface area (Å²) in [7, 11) is 0. The van der Waals surface area contributed by atoms with Crippen LogP contribution in [-0.2, 0) is 16.0 Å². The molecule has 1 aromatic rings. The van der Waals surface area contributed by atoms with Crippen LogP contribution in [0.5, 0.6) is 0 Å². The maximum absolute atomic E-state index is 11.7. The van der Waals surface area contributed by atoms with Gasteiger partial charge in [-0.3, -0.25) is 4.79 Å². The summed E-state index contributed by atoms with van der Waals surface area (Å²) in [5.41, 5.74) is 0. The second-order valence-corrected chi connectivity index (χ2v) is 5.28. The SMILES string of the molecule is O=C(CCOCC(F)(F)F)Cc1cc(Br)cs1. The molecule has 1 rings (SSSR count). The first-order chi connectivity index (χ1) is 7.87. The minimum atomic E-state index is -4.33. The number of halogens is 4. The van der Waals surface area contributed by atoms with Crippen molar-refractivity contribution in [3.05, 3.63) is 20.8 Å². The van der Waals surface area contributed by atoms with Gasteiger partial charge in [-0.1, -0.05) is 0 Å². The zero-order valence-electron chi connectivity index (χ0n) is 8.72. The minimum Gasteiger partial charge on any atom is -0.372 e. The molecule has 0 saturated heterocycles. The highest BCUT2D eigenvalue weighted by atomic mass is 79.9. The summed E-state index contributed by atoms with van der Waals surface area (Å²) in [6.45, 7) is -1.49.